The standard InChI is InChI=1S/C15H22N4O5S.ClH/c1-18(10-14(20)17-15(11-16)7-2-3-8-15)25(23,24)13-6-4-5-12(9-13)19(21)22;/h4-6,9H,2-3,7-8,10-11,16H2,1H3,(H,17,20);1H. The Morgan fingerprint density at radius 3 is 2.54 bits per heavy atom. The van der Waals surface area contributed by atoms with E-state index < -0.39 is 26.4 Å². The number of non-ortho nitro benzene ring substituents is 1. The van der Waals surface area contributed by atoms with Crippen LogP contribution in [0.2, 0.25) is 0 Å². The van der Waals surface area contributed by atoms with E-state index in [0.29, 0.717) is 6.54 Å². The molecule has 2 rings (SSSR count). The number of carbonyl (C=O) groups excluding carboxylic acids is 1. The van der Waals surface area contributed by atoms with Crippen molar-refractivity contribution in [3.8, 4) is 0 Å². The van der Waals surface area contributed by atoms with Gasteiger partial charge in [0.05, 0.1) is 21.9 Å². The molecule has 0 heterocycles. The Labute approximate surface area is 158 Å². The van der Waals surface area contributed by atoms with E-state index in [0.717, 1.165) is 36.1 Å². The van der Waals surface area contributed by atoms with Crippen molar-refractivity contribution >= 4 is 34.0 Å². The van der Waals surface area contributed by atoms with E-state index in [4.69, 9.17) is 5.73 Å². The van der Waals surface area contributed by atoms with Crippen molar-refractivity contribution in [3.05, 3.63) is 34.4 Å². The minimum Gasteiger partial charge on any atom is -0.348 e. The number of likely N-dealkylation sites (N-methyl/N-ethyl adjacent to an activating group) is 1. The molecule has 26 heavy (non-hydrogen) atoms. The third-order valence-electron chi connectivity index (χ3n) is 4.46. The van der Waals surface area contributed by atoms with Crippen molar-refractivity contribution in [2.24, 2.45) is 5.73 Å². The van der Waals surface area contributed by atoms with E-state index in [1.54, 1.807) is 0 Å². The molecule has 0 saturated heterocycles. The number of halogens is 1. The van der Waals surface area contributed by atoms with E-state index in [9.17, 15) is 23.3 Å². The van der Waals surface area contributed by atoms with Crippen LogP contribution in [0.15, 0.2) is 29.2 Å². The third kappa shape index (κ3) is 4.91. The summed E-state index contributed by atoms with van der Waals surface area (Å²) < 4.78 is 25.9. The first kappa shape index (κ1) is 22.3. The maximum atomic E-state index is 12.5. The summed E-state index contributed by atoms with van der Waals surface area (Å²) in [5.74, 6) is -0.441. The number of amides is 1. The van der Waals surface area contributed by atoms with Gasteiger partial charge in [0, 0.05) is 25.7 Å². The van der Waals surface area contributed by atoms with Crippen LogP contribution in [-0.4, -0.2) is 49.2 Å². The average Bonchev–Trinajstić information content (AvgIpc) is 3.03. The SMILES string of the molecule is CN(CC(=O)NC1(CN)CCCC1)S(=O)(=O)c1cccc([N+](=O)[O-])c1.Cl. The molecule has 0 spiro atoms. The zero-order valence-electron chi connectivity index (χ0n) is 14.4. The van der Waals surface area contributed by atoms with Crippen LogP contribution in [-0.2, 0) is 14.8 Å². The van der Waals surface area contributed by atoms with Gasteiger partial charge in [-0.05, 0) is 18.9 Å². The highest BCUT2D eigenvalue weighted by Crippen LogP contribution is 2.28. The quantitative estimate of drug-likeness (QED) is 0.512. The molecule has 1 fully saturated rings. The molecule has 1 saturated carbocycles. The highest BCUT2D eigenvalue weighted by molar-refractivity contribution is 7.89. The number of sulfonamides is 1. The van der Waals surface area contributed by atoms with Gasteiger partial charge in [-0.15, -0.1) is 12.4 Å². The number of rotatable bonds is 7. The van der Waals surface area contributed by atoms with E-state index in [2.05, 4.69) is 5.32 Å². The molecule has 0 bridgehead atoms. The van der Waals surface area contributed by atoms with Gasteiger partial charge in [0.25, 0.3) is 5.69 Å². The van der Waals surface area contributed by atoms with Gasteiger partial charge >= 0.3 is 0 Å². The van der Waals surface area contributed by atoms with Crippen molar-refractivity contribution in [1.82, 2.24) is 9.62 Å². The lowest BCUT2D eigenvalue weighted by molar-refractivity contribution is -0.385. The maximum Gasteiger partial charge on any atom is 0.270 e. The van der Waals surface area contributed by atoms with Gasteiger partial charge in [-0.2, -0.15) is 4.31 Å². The van der Waals surface area contributed by atoms with Gasteiger partial charge in [0.1, 0.15) is 0 Å². The Bertz CT molecular complexity index is 765. The lowest BCUT2D eigenvalue weighted by atomic mass is 9.98. The topological polar surface area (TPSA) is 136 Å². The molecule has 146 valence electrons. The van der Waals surface area contributed by atoms with Crippen LogP contribution in [0.5, 0.6) is 0 Å². The zero-order valence-corrected chi connectivity index (χ0v) is 16.0. The lowest BCUT2D eigenvalue weighted by Gasteiger charge is -2.29. The Morgan fingerprint density at radius 1 is 1.38 bits per heavy atom. The first-order valence-electron chi connectivity index (χ1n) is 7.92. The fourth-order valence-electron chi connectivity index (χ4n) is 2.99. The smallest absolute Gasteiger partial charge is 0.270 e. The second-order valence-corrected chi connectivity index (χ2v) is 8.30. The molecule has 0 aliphatic heterocycles. The molecule has 0 aromatic heterocycles. The van der Waals surface area contributed by atoms with Crippen molar-refractivity contribution in [2.75, 3.05) is 20.1 Å². The molecular formula is C15H23ClN4O5S. The van der Waals surface area contributed by atoms with Gasteiger partial charge in [0.2, 0.25) is 15.9 Å². The molecule has 1 amide bonds. The zero-order chi connectivity index (χ0) is 18.7. The van der Waals surface area contributed by atoms with Gasteiger partial charge in [-0.3, -0.25) is 14.9 Å². The summed E-state index contributed by atoms with van der Waals surface area (Å²) in [7, 11) is -2.75. The van der Waals surface area contributed by atoms with Crippen LogP contribution in [0.25, 0.3) is 0 Å². The van der Waals surface area contributed by atoms with Crippen LogP contribution >= 0.6 is 12.4 Å². The summed E-state index contributed by atoms with van der Waals surface area (Å²) in [6, 6.07) is 4.73. The molecule has 1 aliphatic rings. The van der Waals surface area contributed by atoms with Gasteiger partial charge < -0.3 is 11.1 Å². The number of nitro benzene ring substituents is 1. The van der Waals surface area contributed by atoms with Crippen LogP contribution < -0.4 is 11.1 Å². The number of hydrogen-bond donors (Lipinski definition) is 2. The summed E-state index contributed by atoms with van der Waals surface area (Å²) in [5, 5.41) is 13.7. The van der Waals surface area contributed by atoms with E-state index >= 15 is 0 Å². The normalized spacial score (nSPS) is 16.1. The molecular weight excluding hydrogens is 384 g/mol. The van der Waals surface area contributed by atoms with Crippen LogP contribution in [0.1, 0.15) is 25.7 Å². The lowest BCUT2D eigenvalue weighted by Crippen LogP contribution is -2.54. The monoisotopic (exact) mass is 406 g/mol. The van der Waals surface area contributed by atoms with E-state index in [1.807, 2.05) is 0 Å². The Hall–Kier alpha value is -1.75. The molecule has 1 aromatic carbocycles. The predicted molar refractivity (Wildman–Crippen MR) is 98.6 cm³/mol. The van der Waals surface area contributed by atoms with Crippen molar-refractivity contribution in [3.63, 3.8) is 0 Å². The summed E-state index contributed by atoms with van der Waals surface area (Å²) in [4.78, 5) is 22.2. The molecule has 1 aromatic rings. The third-order valence-corrected chi connectivity index (χ3v) is 6.26. The number of nitrogens with one attached hydrogen (secondary N) is 1. The number of benzene rings is 1. The Morgan fingerprint density at radius 2 is 2.00 bits per heavy atom. The molecule has 1 aliphatic carbocycles. The van der Waals surface area contributed by atoms with E-state index in [-0.39, 0.29) is 29.5 Å². The molecule has 0 atom stereocenters. The summed E-state index contributed by atoms with van der Waals surface area (Å²) >= 11 is 0. The van der Waals surface area contributed by atoms with Crippen LogP contribution in [0, 0.1) is 10.1 Å². The number of nitrogens with two attached hydrogens (primary N) is 1. The average molecular weight is 407 g/mol. The second-order valence-electron chi connectivity index (χ2n) is 6.26. The molecule has 0 radical (unpaired) electrons. The Balaban J connectivity index is 0.00000338. The number of carbonyl (C=O) groups is 1. The number of hydrogen-bond acceptors (Lipinski definition) is 6. The molecule has 0 unspecified atom stereocenters. The minimum absolute atomic E-state index is 0. The molecule has 9 nitrogen and oxygen atoms in total. The van der Waals surface area contributed by atoms with Gasteiger partial charge in [-0.25, -0.2) is 8.42 Å². The first-order chi connectivity index (χ1) is 11.7. The predicted octanol–water partition coefficient (Wildman–Crippen LogP) is 1.02. The van der Waals surface area contributed by atoms with Gasteiger partial charge in [0.15, 0.2) is 0 Å². The van der Waals surface area contributed by atoms with E-state index in [1.165, 1.54) is 25.2 Å². The summed E-state index contributed by atoms with van der Waals surface area (Å²) in [6.07, 6.45) is 3.49. The van der Waals surface area contributed by atoms with Crippen LogP contribution in [0.3, 0.4) is 0 Å². The first-order valence-corrected chi connectivity index (χ1v) is 9.36. The highest BCUT2D eigenvalue weighted by Gasteiger charge is 2.34. The van der Waals surface area contributed by atoms with Crippen molar-refractivity contribution in [1.29, 1.82) is 0 Å². The fraction of sp³-hybridized carbons (Fsp3) is 0.533. The maximum absolute atomic E-state index is 12.5. The minimum atomic E-state index is -4.01. The molecule has 11 heteroatoms. The summed E-state index contributed by atoms with van der Waals surface area (Å²) in [6.45, 7) is -0.0765. The number of nitrogens with zero attached hydrogens (tertiary/aromatic N) is 2. The Kier molecular flexibility index (Phi) is 7.51. The summed E-state index contributed by atoms with van der Waals surface area (Å²) in [5.41, 5.74) is 4.97. The van der Waals surface area contributed by atoms with Crippen molar-refractivity contribution < 1.29 is 18.1 Å². The number of nitro groups is 1. The second kappa shape index (κ2) is 8.76. The van der Waals surface area contributed by atoms with Crippen molar-refractivity contribution in [2.45, 2.75) is 36.1 Å². The largest absolute Gasteiger partial charge is 0.348 e. The highest BCUT2D eigenvalue weighted by atomic mass is 35.5. The van der Waals surface area contributed by atoms with Crippen LogP contribution in [0.4, 0.5) is 5.69 Å². The van der Waals surface area contributed by atoms with Gasteiger partial charge in [-0.1, -0.05) is 18.9 Å². The fourth-order valence-corrected chi connectivity index (χ4v) is 4.16. The molecule has 3 N–H and O–H groups in total.